The van der Waals surface area contributed by atoms with Crippen molar-refractivity contribution in [2.75, 3.05) is 20.1 Å². The zero-order valence-corrected chi connectivity index (χ0v) is 15.5. The Kier molecular flexibility index (Phi) is 4.73. The van der Waals surface area contributed by atoms with Crippen molar-refractivity contribution in [3.8, 4) is 0 Å². The molecule has 2 bridgehead atoms. The van der Waals surface area contributed by atoms with Crippen molar-refractivity contribution in [3.05, 3.63) is 23.8 Å². The van der Waals surface area contributed by atoms with Gasteiger partial charge in [0.2, 0.25) is 20.0 Å². The Bertz CT molecular complexity index is 836. The van der Waals surface area contributed by atoms with Crippen molar-refractivity contribution in [1.82, 2.24) is 14.3 Å². The zero-order chi connectivity index (χ0) is 17.5. The summed E-state index contributed by atoms with van der Waals surface area (Å²) in [5.41, 5.74) is 0.417. The monoisotopic (exact) mass is 373 g/mol. The normalized spacial score (nSPS) is 25.6. The molecule has 3 rings (SSSR count). The maximum atomic E-state index is 12.9. The lowest BCUT2D eigenvalue weighted by atomic mass is 10.1. The van der Waals surface area contributed by atoms with E-state index in [-0.39, 0.29) is 15.8 Å². The highest BCUT2D eigenvalue weighted by Gasteiger charge is 2.35. The Morgan fingerprint density at radius 2 is 1.83 bits per heavy atom. The van der Waals surface area contributed by atoms with Crippen LogP contribution < -0.4 is 10.0 Å². The van der Waals surface area contributed by atoms with Gasteiger partial charge in [-0.25, -0.2) is 21.6 Å². The first-order chi connectivity index (χ1) is 11.2. The molecule has 1 aromatic rings. The summed E-state index contributed by atoms with van der Waals surface area (Å²) in [5, 5.41) is 3.46. The topological polar surface area (TPSA) is 95.6 Å². The highest BCUT2D eigenvalue weighted by Crippen LogP contribution is 2.26. The minimum Gasteiger partial charge on any atom is -0.310 e. The molecule has 2 aliphatic rings. The first-order valence-electron chi connectivity index (χ1n) is 8.04. The maximum Gasteiger partial charge on any atom is 0.243 e. The smallest absolute Gasteiger partial charge is 0.243 e. The molecule has 2 aliphatic heterocycles. The zero-order valence-electron chi connectivity index (χ0n) is 13.8. The van der Waals surface area contributed by atoms with Crippen molar-refractivity contribution in [2.45, 2.75) is 48.1 Å². The van der Waals surface area contributed by atoms with Crippen LogP contribution in [0.25, 0.3) is 0 Å². The predicted octanol–water partition coefficient (Wildman–Crippen LogP) is 0.418. The van der Waals surface area contributed by atoms with Crippen molar-refractivity contribution in [2.24, 2.45) is 0 Å². The molecular weight excluding hydrogens is 350 g/mol. The summed E-state index contributed by atoms with van der Waals surface area (Å²) in [6.07, 6.45) is 2.91. The van der Waals surface area contributed by atoms with E-state index in [4.69, 9.17) is 0 Å². The number of fused-ring (bicyclic) bond motifs is 2. The van der Waals surface area contributed by atoms with Crippen LogP contribution in [-0.2, 0) is 20.0 Å². The maximum absolute atomic E-state index is 12.9. The molecule has 0 radical (unpaired) electrons. The van der Waals surface area contributed by atoms with Gasteiger partial charge in [0.05, 0.1) is 9.79 Å². The van der Waals surface area contributed by atoms with Crippen molar-refractivity contribution in [3.63, 3.8) is 0 Å². The molecule has 134 valence electrons. The van der Waals surface area contributed by atoms with Crippen LogP contribution >= 0.6 is 0 Å². The van der Waals surface area contributed by atoms with E-state index in [2.05, 4.69) is 10.0 Å². The summed E-state index contributed by atoms with van der Waals surface area (Å²) in [6, 6.07) is 4.78. The van der Waals surface area contributed by atoms with E-state index in [1.807, 2.05) is 0 Å². The quantitative estimate of drug-likeness (QED) is 0.797. The fraction of sp³-hybridized carbons (Fsp3) is 0.600. The minimum atomic E-state index is -3.62. The van der Waals surface area contributed by atoms with Crippen LogP contribution in [0, 0.1) is 6.92 Å². The van der Waals surface area contributed by atoms with Gasteiger partial charge in [-0.3, -0.25) is 0 Å². The number of nitrogens with one attached hydrogen (secondary N) is 2. The van der Waals surface area contributed by atoms with Crippen LogP contribution in [0.3, 0.4) is 0 Å². The first-order valence-corrected chi connectivity index (χ1v) is 11.0. The molecule has 0 aliphatic carbocycles. The van der Waals surface area contributed by atoms with E-state index in [9.17, 15) is 16.8 Å². The summed E-state index contributed by atoms with van der Waals surface area (Å²) < 4.78 is 53.5. The second-order valence-corrected chi connectivity index (χ2v) is 10.2. The summed E-state index contributed by atoms with van der Waals surface area (Å²) >= 11 is 0. The van der Waals surface area contributed by atoms with Crippen molar-refractivity contribution < 1.29 is 16.8 Å². The summed E-state index contributed by atoms with van der Waals surface area (Å²) in [7, 11) is -5.89. The fourth-order valence-electron chi connectivity index (χ4n) is 3.47. The molecule has 7 nitrogen and oxygen atoms in total. The van der Waals surface area contributed by atoms with Gasteiger partial charge in [-0.2, -0.15) is 4.31 Å². The Balaban J connectivity index is 1.91. The first kappa shape index (κ1) is 17.8. The summed E-state index contributed by atoms with van der Waals surface area (Å²) in [6.45, 7) is 2.57. The lowest BCUT2D eigenvalue weighted by molar-refractivity contribution is 0.383. The third kappa shape index (κ3) is 3.23. The third-order valence-corrected chi connectivity index (χ3v) is 8.26. The van der Waals surface area contributed by atoms with E-state index in [1.165, 1.54) is 29.6 Å². The van der Waals surface area contributed by atoms with Gasteiger partial charge in [0.15, 0.2) is 0 Å². The molecular formula is C15H23N3O4S2. The van der Waals surface area contributed by atoms with Crippen LogP contribution in [0.2, 0.25) is 0 Å². The number of hydrogen-bond acceptors (Lipinski definition) is 5. The molecule has 9 heteroatoms. The van der Waals surface area contributed by atoms with E-state index in [1.54, 1.807) is 6.92 Å². The molecule has 2 atom stereocenters. The molecule has 0 aromatic heterocycles. The van der Waals surface area contributed by atoms with Gasteiger partial charge in [-0.1, -0.05) is 0 Å². The second-order valence-electron chi connectivity index (χ2n) is 6.42. The van der Waals surface area contributed by atoms with Crippen LogP contribution in [0.1, 0.15) is 24.8 Å². The van der Waals surface area contributed by atoms with E-state index < -0.39 is 20.0 Å². The van der Waals surface area contributed by atoms with Crippen LogP contribution in [0.4, 0.5) is 0 Å². The van der Waals surface area contributed by atoms with Gasteiger partial charge >= 0.3 is 0 Å². The standard InChI is InChI=1S/C15H23N3O4S2/c1-11-9-14(5-6-15(11)23(19,20)16-2)24(21,22)18-8-7-12-3-4-13(10-18)17-12/h5-6,9,12-13,16-17H,3-4,7-8,10H2,1-2H3. The number of benzene rings is 1. The van der Waals surface area contributed by atoms with Gasteiger partial charge < -0.3 is 5.32 Å². The molecule has 0 saturated carbocycles. The van der Waals surface area contributed by atoms with Gasteiger partial charge in [0.1, 0.15) is 0 Å². The molecule has 0 spiro atoms. The van der Waals surface area contributed by atoms with E-state index in [0.29, 0.717) is 24.7 Å². The SMILES string of the molecule is CNS(=O)(=O)c1ccc(S(=O)(=O)N2CCC3CCC(C2)N3)cc1C. The van der Waals surface area contributed by atoms with Crippen molar-refractivity contribution >= 4 is 20.0 Å². The van der Waals surface area contributed by atoms with Crippen LogP contribution in [-0.4, -0.2) is 53.4 Å². The highest BCUT2D eigenvalue weighted by molar-refractivity contribution is 7.89. The largest absolute Gasteiger partial charge is 0.310 e. The summed E-state index contributed by atoms with van der Waals surface area (Å²) in [5.74, 6) is 0. The lowest BCUT2D eigenvalue weighted by Gasteiger charge is -2.24. The second kappa shape index (κ2) is 6.38. The molecule has 2 N–H and O–H groups in total. The molecule has 2 heterocycles. The lowest BCUT2D eigenvalue weighted by Crippen LogP contribution is -2.39. The van der Waals surface area contributed by atoms with Crippen molar-refractivity contribution in [1.29, 1.82) is 0 Å². The Hall–Kier alpha value is -1.00. The van der Waals surface area contributed by atoms with E-state index >= 15 is 0 Å². The highest BCUT2D eigenvalue weighted by atomic mass is 32.2. The fourth-order valence-corrected chi connectivity index (χ4v) is 6.01. The van der Waals surface area contributed by atoms with Crippen LogP contribution in [0.5, 0.6) is 0 Å². The molecule has 2 unspecified atom stereocenters. The average molecular weight is 374 g/mol. The Morgan fingerprint density at radius 3 is 2.50 bits per heavy atom. The third-order valence-electron chi connectivity index (χ3n) is 4.83. The molecule has 1 aromatic carbocycles. The van der Waals surface area contributed by atoms with E-state index in [0.717, 1.165) is 19.3 Å². The van der Waals surface area contributed by atoms with Gasteiger partial charge in [0.25, 0.3) is 0 Å². The number of sulfonamides is 2. The Labute approximate surface area is 143 Å². The number of rotatable bonds is 4. The molecule has 24 heavy (non-hydrogen) atoms. The molecule has 0 amide bonds. The minimum absolute atomic E-state index is 0.0977. The Morgan fingerprint density at radius 1 is 1.12 bits per heavy atom. The molecule has 2 fully saturated rings. The predicted molar refractivity (Wildman–Crippen MR) is 90.7 cm³/mol. The van der Waals surface area contributed by atoms with Crippen LogP contribution in [0.15, 0.2) is 28.0 Å². The number of nitrogens with zero attached hydrogens (tertiary/aromatic N) is 1. The number of aryl methyl sites for hydroxylation is 1. The summed E-state index contributed by atoms with van der Waals surface area (Å²) in [4.78, 5) is 0.244. The van der Waals surface area contributed by atoms with Gasteiger partial charge in [-0.15, -0.1) is 0 Å². The molecule has 2 saturated heterocycles. The van der Waals surface area contributed by atoms with Gasteiger partial charge in [0, 0.05) is 25.2 Å². The number of hydrogen-bond donors (Lipinski definition) is 2. The average Bonchev–Trinajstić information content (AvgIpc) is 2.85. The van der Waals surface area contributed by atoms with Gasteiger partial charge in [-0.05, 0) is 57.0 Å².